The van der Waals surface area contributed by atoms with E-state index in [4.69, 9.17) is 12.2 Å². The second-order valence-corrected chi connectivity index (χ2v) is 6.71. The molecular weight excluding hydrogens is 449 g/mol. The predicted octanol–water partition coefficient (Wildman–Crippen LogP) is 2.42. The van der Waals surface area contributed by atoms with Crippen LogP contribution >= 0.6 is 34.8 Å². The van der Waals surface area contributed by atoms with E-state index in [-0.39, 0.29) is 5.56 Å². The molecule has 6 nitrogen and oxygen atoms in total. The Morgan fingerprint density at radius 3 is 2.76 bits per heavy atom. The van der Waals surface area contributed by atoms with Crippen LogP contribution in [0.15, 0.2) is 58.4 Å². The molecule has 0 amide bonds. The molecule has 25 heavy (non-hydrogen) atoms. The zero-order valence-corrected chi connectivity index (χ0v) is 16.2. The van der Waals surface area contributed by atoms with Gasteiger partial charge in [0.25, 0.3) is 5.56 Å². The normalized spacial score (nSPS) is 11.0. The Hall–Kier alpha value is -2.33. The van der Waals surface area contributed by atoms with E-state index in [0.29, 0.717) is 21.8 Å². The summed E-state index contributed by atoms with van der Waals surface area (Å²) in [6, 6.07) is 14.9. The minimum Gasteiger partial charge on any atom is -0.364 e. The highest BCUT2D eigenvalue weighted by molar-refractivity contribution is 14.1. The molecule has 2 aromatic carbocycles. The van der Waals surface area contributed by atoms with Gasteiger partial charge in [0.05, 0.1) is 22.8 Å². The summed E-state index contributed by atoms with van der Waals surface area (Å²) in [7, 11) is 1.70. The van der Waals surface area contributed by atoms with Crippen molar-refractivity contribution < 1.29 is 0 Å². The van der Waals surface area contributed by atoms with Crippen molar-refractivity contribution in [3.05, 3.63) is 68.3 Å². The standard InChI is InChI=1S/C17H14IN5OS/c1-19-17(25)22-20-10-15-21-14-8-7-11(18)9-13(14)16(24)23(15)12-5-3-2-4-6-12/h2-10H,1H3,(H2,19,22,25)/b20-10+. The molecule has 0 unspecified atom stereocenters. The number of hydrogen-bond donors (Lipinski definition) is 2. The molecule has 0 aliphatic carbocycles. The fraction of sp³-hybridized carbons (Fsp3) is 0.0588. The van der Waals surface area contributed by atoms with Crippen LogP contribution in [-0.4, -0.2) is 27.9 Å². The Bertz CT molecular complexity index is 1020. The number of hydrazone groups is 1. The quantitative estimate of drug-likeness (QED) is 0.270. The highest BCUT2D eigenvalue weighted by Crippen LogP contribution is 2.15. The molecule has 0 aliphatic heterocycles. The maximum Gasteiger partial charge on any atom is 0.266 e. The number of aromatic nitrogens is 2. The van der Waals surface area contributed by atoms with Gasteiger partial charge in [0.2, 0.25) is 0 Å². The molecule has 0 bridgehead atoms. The molecule has 0 spiro atoms. The van der Waals surface area contributed by atoms with Crippen LogP contribution in [0, 0.1) is 3.57 Å². The largest absolute Gasteiger partial charge is 0.364 e. The van der Waals surface area contributed by atoms with E-state index in [1.165, 1.54) is 10.8 Å². The Kier molecular flexibility index (Phi) is 5.39. The number of hydrogen-bond acceptors (Lipinski definition) is 4. The van der Waals surface area contributed by atoms with Crippen molar-refractivity contribution in [3.63, 3.8) is 0 Å². The first-order chi connectivity index (χ1) is 12.1. The van der Waals surface area contributed by atoms with Gasteiger partial charge >= 0.3 is 0 Å². The molecule has 3 rings (SSSR count). The number of benzene rings is 2. The first-order valence-electron chi connectivity index (χ1n) is 7.38. The van der Waals surface area contributed by atoms with Crippen LogP contribution in [0.2, 0.25) is 0 Å². The number of nitrogens with one attached hydrogen (secondary N) is 2. The summed E-state index contributed by atoms with van der Waals surface area (Å²) in [5.41, 5.74) is 3.86. The number of rotatable bonds is 3. The topological polar surface area (TPSA) is 71.3 Å². The molecule has 0 aliphatic rings. The highest BCUT2D eigenvalue weighted by Gasteiger charge is 2.11. The maximum atomic E-state index is 13.1. The second kappa shape index (κ2) is 7.70. The van der Waals surface area contributed by atoms with Crippen LogP contribution in [-0.2, 0) is 0 Å². The van der Waals surface area contributed by atoms with E-state index < -0.39 is 0 Å². The van der Waals surface area contributed by atoms with Gasteiger partial charge in [0, 0.05) is 10.6 Å². The van der Waals surface area contributed by atoms with E-state index in [1.807, 2.05) is 48.5 Å². The summed E-state index contributed by atoms with van der Waals surface area (Å²) in [6.45, 7) is 0. The van der Waals surface area contributed by atoms with Crippen LogP contribution in [0.1, 0.15) is 5.82 Å². The van der Waals surface area contributed by atoms with Crippen molar-refractivity contribution in [2.45, 2.75) is 0 Å². The average molecular weight is 463 g/mol. The van der Waals surface area contributed by atoms with Crippen molar-refractivity contribution >= 4 is 57.0 Å². The van der Waals surface area contributed by atoms with Gasteiger partial charge in [-0.2, -0.15) is 5.10 Å². The van der Waals surface area contributed by atoms with Crippen LogP contribution < -0.4 is 16.3 Å². The third kappa shape index (κ3) is 3.85. The molecule has 0 saturated heterocycles. The van der Waals surface area contributed by atoms with E-state index in [1.54, 1.807) is 7.05 Å². The Labute approximate surface area is 163 Å². The summed E-state index contributed by atoms with van der Waals surface area (Å²) in [4.78, 5) is 17.6. The first-order valence-corrected chi connectivity index (χ1v) is 8.87. The lowest BCUT2D eigenvalue weighted by Gasteiger charge is -2.11. The number of fused-ring (bicyclic) bond motifs is 1. The van der Waals surface area contributed by atoms with Gasteiger partial charge in [-0.1, -0.05) is 18.2 Å². The molecule has 126 valence electrons. The molecule has 0 fully saturated rings. The van der Waals surface area contributed by atoms with Gasteiger partial charge in [-0.25, -0.2) is 4.98 Å². The highest BCUT2D eigenvalue weighted by atomic mass is 127. The van der Waals surface area contributed by atoms with Gasteiger partial charge in [0.15, 0.2) is 10.9 Å². The molecule has 2 N–H and O–H groups in total. The fourth-order valence-corrected chi connectivity index (χ4v) is 2.84. The van der Waals surface area contributed by atoms with Crippen LogP contribution in [0.4, 0.5) is 0 Å². The monoisotopic (exact) mass is 463 g/mol. The molecule has 0 atom stereocenters. The van der Waals surface area contributed by atoms with E-state index >= 15 is 0 Å². The van der Waals surface area contributed by atoms with Crippen molar-refractivity contribution in [1.82, 2.24) is 20.3 Å². The van der Waals surface area contributed by atoms with Crippen molar-refractivity contribution in [2.75, 3.05) is 7.05 Å². The Balaban J connectivity index is 2.21. The Morgan fingerprint density at radius 2 is 2.04 bits per heavy atom. The van der Waals surface area contributed by atoms with E-state index in [0.717, 1.165) is 9.26 Å². The predicted molar refractivity (Wildman–Crippen MR) is 112 cm³/mol. The molecule has 0 radical (unpaired) electrons. The van der Waals surface area contributed by atoms with Gasteiger partial charge in [-0.15, -0.1) is 0 Å². The molecule has 0 saturated carbocycles. The summed E-state index contributed by atoms with van der Waals surface area (Å²) in [6.07, 6.45) is 1.48. The smallest absolute Gasteiger partial charge is 0.266 e. The van der Waals surface area contributed by atoms with Gasteiger partial charge < -0.3 is 5.32 Å². The maximum absolute atomic E-state index is 13.1. The van der Waals surface area contributed by atoms with Gasteiger partial charge in [-0.3, -0.25) is 14.8 Å². The van der Waals surface area contributed by atoms with Gasteiger partial charge in [0.1, 0.15) is 0 Å². The number of nitrogens with zero attached hydrogens (tertiary/aromatic N) is 3. The Morgan fingerprint density at radius 1 is 1.28 bits per heavy atom. The lowest BCUT2D eigenvalue weighted by atomic mass is 10.2. The minimum absolute atomic E-state index is 0.146. The summed E-state index contributed by atoms with van der Waals surface area (Å²) in [5.74, 6) is 0.413. The van der Waals surface area contributed by atoms with Crippen molar-refractivity contribution in [1.29, 1.82) is 0 Å². The van der Waals surface area contributed by atoms with Gasteiger partial charge in [-0.05, 0) is 65.1 Å². The molecule has 8 heteroatoms. The third-order valence-electron chi connectivity index (χ3n) is 3.44. The number of thiocarbonyl (C=S) groups is 1. The molecule has 3 aromatic rings. The van der Waals surface area contributed by atoms with Crippen LogP contribution in [0.25, 0.3) is 16.6 Å². The van der Waals surface area contributed by atoms with E-state index in [2.05, 4.69) is 43.4 Å². The van der Waals surface area contributed by atoms with Crippen molar-refractivity contribution in [2.24, 2.45) is 5.10 Å². The van der Waals surface area contributed by atoms with Crippen LogP contribution in [0.5, 0.6) is 0 Å². The lowest BCUT2D eigenvalue weighted by molar-refractivity contribution is 0.932. The van der Waals surface area contributed by atoms with Crippen molar-refractivity contribution in [3.8, 4) is 5.69 Å². The summed E-state index contributed by atoms with van der Waals surface area (Å²) < 4.78 is 2.51. The zero-order valence-electron chi connectivity index (χ0n) is 13.2. The molecular formula is C17H14IN5OS. The minimum atomic E-state index is -0.146. The lowest BCUT2D eigenvalue weighted by Crippen LogP contribution is -2.29. The molecule has 1 heterocycles. The average Bonchev–Trinajstić information content (AvgIpc) is 2.63. The first kappa shape index (κ1) is 17.5. The van der Waals surface area contributed by atoms with Crippen LogP contribution in [0.3, 0.4) is 0 Å². The number of halogens is 1. The zero-order chi connectivity index (χ0) is 17.8. The number of para-hydroxylation sites is 1. The second-order valence-electron chi connectivity index (χ2n) is 5.06. The fourth-order valence-electron chi connectivity index (χ4n) is 2.29. The SMILES string of the molecule is CNC(=S)N/N=C/c1nc2ccc(I)cc2c(=O)n1-c1ccccc1. The third-order valence-corrected chi connectivity index (χ3v) is 4.41. The summed E-state index contributed by atoms with van der Waals surface area (Å²) in [5, 5.41) is 7.76. The van der Waals surface area contributed by atoms with E-state index in [9.17, 15) is 4.79 Å². The molecule has 1 aromatic heterocycles. The summed E-state index contributed by atoms with van der Waals surface area (Å²) >= 11 is 7.17.